The van der Waals surface area contributed by atoms with Crippen LogP contribution in [0.3, 0.4) is 0 Å². The molecule has 0 bridgehead atoms. The van der Waals surface area contributed by atoms with Gasteiger partial charge in [0.1, 0.15) is 5.75 Å². The minimum Gasteiger partial charge on any atom is -0.493 e. The number of benzene rings is 1. The molecule has 0 N–H and O–H groups in total. The Bertz CT molecular complexity index is 530. The molecule has 1 heterocycles. The first-order chi connectivity index (χ1) is 10.2. The van der Waals surface area contributed by atoms with Gasteiger partial charge in [0.05, 0.1) is 19.6 Å². The maximum absolute atomic E-state index is 12.7. The fourth-order valence-corrected chi connectivity index (χ4v) is 1.83. The summed E-state index contributed by atoms with van der Waals surface area (Å²) in [4.78, 5) is 12.8. The average molecular weight is 323 g/mol. The summed E-state index contributed by atoms with van der Waals surface area (Å²) in [5.74, 6) is -4.64. The van der Waals surface area contributed by atoms with E-state index in [-0.39, 0.29) is 11.8 Å². The lowest BCUT2D eigenvalue weighted by molar-refractivity contribution is -0.285. The summed E-state index contributed by atoms with van der Waals surface area (Å²) >= 11 is 0. The Hall–Kier alpha value is -2.06. The van der Waals surface area contributed by atoms with E-state index >= 15 is 0 Å². The third-order valence-corrected chi connectivity index (χ3v) is 3.05. The molecule has 1 fully saturated rings. The zero-order valence-corrected chi connectivity index (χ0v) is 11.2. The second kappa shape index (κ2) is 5.98. The molecular formula is C13H12F5N2O2. The predicted molar refractivity (Wildman–Crippen MR) is 67.3 cm³/mol. The van der Waals surface area contributed by atoms with Crippen molar-refractivity contribution in [3.8, 4) is 5.75 Å². The number of urea groups is 1. The first kappa shape index (κ1) is 16.3. The van der Waals surface area contributed by atoms with E-state index in [2.05, 4.69) is 5.32 Å². The summed E-state index contributed by atoms with van der Waals surface area (Å²) in [5.41, 5.74) is 0.555. The van der Waals surface area contributed by atoms with Crippen molar-refractivity contribution in [2.75, 3.05) is 24.6 Å². The van der Waals surface area contributed by atoms with Gasteiger partial charge in [0, 0.05) is 12.2 Å². The highest BCUT2D eigenvalue weighted by Gasteiger charge is 2.56. The summed E-state index contributed by atoms with van der Waals surface area (Å²) in [6, 6.07) is 5.43. The molecule has 4 nitrogen and oxygen atoms in total. The van der Waals surface area contributed by atoms with Gasteiger partial charge in [-0.2, -0.15) is 22.0 Å². The van der Waals surface area contributed by atoms with Crippen molar-refractivity contribution in [3.63, 3.8) is 0 Å². The van der Waals surface area contributed by atoms with E-state index in [4.69, 9.17) is 4.74 Å². The number of anilines is 1. The summed E-state index contributed by atoms with van der Waals surface area (Å²) in [7, 11) is 0. The Labute approximate surface area is 122 Å². The van der Waals surface area contributed by atoms with Crippen LogP contribution in [0.5, 0.6) is 5.75 Å². The van der Waals surface area contributed by atoms with Crippen LogP contribution in [0.25, 0.3) is 0 Å². The minimum atomic E-state index is -5.58. The third kappa shape index (κ3) is 3.58. The molecule has 22 heavy (non-hydrogen) atoms. The Kier molecular flexibility index (Phi) is 4.43. The SMILES string of the molecule is O=C1[N]CCN1c1ccc(OCCC(F)(F)C(F)(F)F)cc1. The Morgan fingerprint density at radius 2 is 1.77 bits per heavy atom. The van der Waals surface area contributed by atoms with Crippen molar-refractivity contribution in [2.24, 2.45) is 0 Å². The number of rotatable bonds is 5. The number of carbonyl (C=O) groups is 1. The van der Waals surface area contributed by atoms with Gasteiger partial charge in [-0.3, -0.25) is 4.90 Å². The highest BCUT2D eigenvalue weighted by atomic mass is 19.4. The van der Waals surface area contributed by atoms with Gasteiger partial charge in [0.2, 0.25) is 0 Å². The predicted octanol–water partition coefficient (Wildman–Crippen LogP) is 3.20. The lowest BCUT2D eigenvalue weighted by Gasteiger charge is -2.19. The highest BCUT2D eigenvalue weighted by Crippen LogP contribution is 2.38. The molecule has 0 unspecified atom stereocenters. The Morgan fingerprint density at radius 3 is 2.27 bits per heavy atom. The second-order valence-corrected chi connectivity index (χ2v) is 4.61. The molecule has 2 rings (SSSR count). The van der Waals surface area contributed by atoms with E-state index in [9.17, 15) is 26.7 Å². The zero-order valence-electron chi connectivity index (χ0n) is 11.2. The average Bonchev–Trinajstić information content (AvgIpc) is 2.84. The molecule has 1 aromatic carbocycles. The van der Waals surface area contributed by atoms with Crippen LogP contribution < -0.4 is 15.0 Å². The molecule has 1 saturated heterocycles. The summed E-state index contributed by atoms with van der Waals surface area (Å²) in [5, 5.41) is 3.68. The molecule has 121 valence electrons. The molecular weight excluding hydrogens is 311 g/mol. The number of nitrogens with zero attached hydrogens (tertiary/aromatic N) is 2. The molecule has 9 heteroatoms. The van der Waals surface area contributed by atoms with Gasteiger partial charge >= 0.3 is 18.1 Å². The van der Waals surface area contributed by atoms with Gasteiger partial charge in [-0.25, -0.2) is 10.1 Å². The smallest absolute Gasteiger partial charge is 0.453 e. The largest absolute Gasteiger partial charge is 0.493 e. The van der Waals surface area contributed by atoms with Gasteiger partial charge in [-0.15, -0.1) is 0 Å². The van der Waals surface area contributed by atoms with Crippen LogP contribution >= 0.6 is 0 Å². The maximum atomic E-state index is 12.7. The standard InChI is InChI=1S/C13H12F5N2O2/c14-12(15,13(16,17)18)5-8-22-10-3-1-9(2-4-10)20-7-6-19-11(20)21/h1-4H,5-8H2. The summed E-state index contributed by atoms with van der Waals surface area (Å²) in [6.07, 6.45) is -7.04. The fraction of sp³-hybridized carbons (Fsp3) is 0.462. The molecule has 1 aliphatic rings. The van der Waals surface area contributed by atoms with Crippen molar-refractivity contribution in [1.82, 2.24) is 5.32 Å². The lowest BCUT2D eigenvalue weighted by atomic mass is 10.2. The van der Waals surface area contributed by atoms with Crippen LogP contribution in [0.2, 0.25) is 0 Å². The number of carbonyl (C=O) groups excluding carboxylic acids is 1. The number of amides is 2. The van der Waals surface area contributed by atoms with Gasteiger partial charge in [0.15, 0.2) is 0 Å². The van der Waals surface area contributed by atoms with Crippen LogP contribution in [-0.4, -0.2) is 37.8 Å². The quantitative estimate of drug-likeness (QED) is 0.781. The molecule has 0 spiro atoms. The van der Waals surface area contributed by atoms with E-state index in [1.807, 2.05) is 0 Å². The van der Waals surface area contributed by atoms with E-state index in [0.717, 1.165) is 0 Å². The Balaban J connectivity index is 1.88. The van der Waals surface area contributed by atoms with Crippen molar-refractivity contribution < 1.29 is 31.5 Å². The maximum Gasteiger partial charge on any atom is 0.453 e. The molecule has 0 saturated carbocycles. The molecule has 0 aliphatic carbocycles. The van der Waals surface area contributed by atoms with Gasteiger partial charge < -0.3 is 4.74 Å². The van der Waals surface area contributed by atoms with E-state index in [0.29, 0.717) is 18.8 Å². The Morgan fingerprint density at radius 1 is 1.14 bits per heavy atom. The van der Waals surface area contributed by atoms with Crippen molar-refractivity contribution >= 4 is 11.7 Å². The second-order valence-electron chi connectivity index (χ2n) is 4.61. The molecule has 1 aliphatic heterocycles. The van der Waals surface area contributed by atoms with Crippen LogP contribution in [0.15, 0.2) is 24.3 Å². The monoisotopic (exact) mass is 323 g/mol. The minimum absolute atomic E-state index is 0.144. The van der Waals surface area contributed by atoms with Crippen molar-refractivity contribution in [3.05, 3.63) is 24.3 Å². The summed E-state index contributed by atoms with van der Waals surface area (Å²) in [6.45, 7) is 0.0598. The number of hydrogen-bond donors (Lipinski definition) is 0. The summed E-state index contributed by atoms with van der Waals surface area (Å²) < 4.78 is 66.2. The molecule has 1 aromatic rings. The van der Waals surface area contributed by atoms with Crippen LogP contribution in [0.1, 0.15) is 6.42 Å². The van der Waals surface area contributed by atoms with Crippen LogP contribution in [0, 0.1) is 0 Å². The topological polar surface area (TPSA) is 43.6 Å². The van der Waals surface area contributed by atoms with Gasteiger partial charge in [-0.05, 0) is 24.3 Å². The molecule has 1 radical (unpaired) electrons. The van der Waals surface area contributed by atoms with Crippen molar-refractivity contribution in [1.29, 1.82) is 0 Å². The zero-order chi connectivity index (χ0) is 16.4. The first-order valence-corrected chi connectivity index (χ1v) is 6.37. The first-order valence-electron chi connectivity index (χ1n) is 6.37. The molecule has 0 atom stereocenters. The van der Waals surface area contributed by atoms with Gasteiger partial charge in [0.25, 0.3) is 0 Å². The van der Waals surface area contributed by atoms with Crippen LogP contribution in [-0.2, 0) is 0 Å². The number of halogens is 5. The number of ether oxygens (including phenoxy) is 1. The van der Waals surface area contributed by atoms with E-state index < -0.39 is 25.1 Å². The molecule has 0 aromatic heterocycles. The number of alkyl halides is 5. The van der Waals surface area contributed by atoms with Crippen LogP contribution in [0.4, 0.5) is 32.4 Å². The van der Waals surface area contributed by atoms with E-state index in [1.165, 1.54) is 29.2 Å². The fourth-order valence-electron chi connectivity index (χ4n) is 1.83. The number of hydrogen-bond acceptors (Lipinski definition) is 2. The molecule has 2 amide bonds. The normalized spacial score (nSPS) is 15.9. The third-order valence-electron chi connectivity index (χ3n) is 3.05. The van der Waals surface area contributed by atoms with E-state index in [1.54, 1.807) is 0 Å². The lowest BCUT2D eigenvalue weighted by Crippen LogP contribution is -2.37. The highest BCUT2D eigenvalue weighted by molar-refractivity contribution is 5.93. The van der Waals surface area contributed by atoms with Crippen molar-refractivity contribution in [2.45, 2.75) is 18.5 Å². The van der Waals surface area contributed by atoms with Gasteiger partial charge in [-0.1, -0.05) is 0 Å².